The Hall–Kier alpha value is -2.28. The molecule has 0 bridgehead atoms. The molecule has 0 spiro atoms. The first-order chi connectivity index (χ1) is 11.0. The molecule has 1 saturated heterocycles. The van der Waals surface area contributed by atoms with E-state index in [-0.39, 0.29) is 18.4 Å². The number of anilines is 1. The zero-order valence-electron chi connectivity index (χ0n) is 13.9. The largest absolute Gasteiger partial charge is 0.497 e. The van der Waals surface area contributed by atoms with E-state index in [0.717, 1.165) is 0 Å². The summed E-state index contributed by atoms with van der Waals surface area (Å²) in [5.41, 5.74) is 0.641. The van der Waals surface area contributed by atoms with E-state index in [4.69, 9.17) is 14.2 Å². The van der Waals surface area contributed by atoms with Gasteiger partial charge in [0.25, 0.3) is 0 Å². The molecule has 1 aromatic rings. The molecule has 1 aromatic carbocycles. The van der Waals surface area contributed by atoms with Crippen molar-refractivity contribution in [3.63, 3.8) is 0 Å². The van der Waals surface area contributed by atoms with Crippen LogP contribution in [-0.2, 0) is 14.3 Å². The van der Waals surface area contributed by atoms with Gasteiger partial charge in [-0.1, -0.05) is 0 Å². The first kappa shape index (κ1) is 17.1. The van der Waals surface area contributed by atoms with Crippen molar-refractivity contribution >= 4 is 17.5 Å². The second kappa shape index (κ2) is 7.32. The van der Waals surface area contributed by atoms with E-state index in [2.05, 4.69) is 0 Å². The van der Waals surface area contributed by atoms with E-state index in [9.17, 15) is 9.59 Å². The quantitative estimate of drug-likeness (QED) is 0.806. The van der Waals surface area contributed by atoms with Gasteiger partial charge in [-0.15, -0.1) is 0 Å². The van der Waals surface area contributed by atoms with Gasteiger partial charge in [0.05, 0.1) is 19.9 Å². The molecule has 0 N–H and O–H groups in total. The fraction of sp³-hybridized carbons (Fsp3) is 0.500. The summed E-state index contributed by atoms with van der Waals surface area (Å²) in [5, 5.41) is 0. The summed E-state index contributed by atoms with van der Waals surface area (Å²) in [6.07, 6.45) is 0. The minimum absolute atomic E-state index is 0.0277. The summed E-state index contributed by atoms with van der Waals surface area (Å²) in [6.45, 7) is 2.52. The third-order valence-corrected chi connectivity index (χ3v) is 3.92. The average Bonchev–Trinajstić information content (AvgIpc) is 2.56. The Bertz CT molecular complexity index is 590. The Morgan fingerprint density at radius 1 is 1.22 bits per heavy atom. The molecule has 7 nitrogen and oxygen atoms in total. The summed E-state index contributed by atoms with van der Waals surface area (Å²) in [5.74, 6) is 0.875. The van der Waals surface area contributed by atoms with Crippen molar-refractivity contribution in [3.8, 4) is 11.5 Å². The number of nitrogens with zero attached hydrogens (tertiary/aromatic N) is 2. The number of hydrogen-bond donors (Lipinski definition) is 0. The molecule has 126 valence electrons. The topological polar surface area (TPSA) is 68.3 Å². The van der Waals surface area contributed by atoms with Gasteiger partial charge in [0.2, 0.25) is 11.8 Å². The molecule has 0 radical (unpaired) electrons. The number of carbonyl (C=O) groups excluding carboxylic acids is 2. The highest BCUT2D eigenvalue weighted by molar-refractivity contribution is 6.01. The number of amides is 2. The van der Waals surface area contributed by atoms with Gasteiger partial charge >= 0.3 is 0 Å². The molecule has 1 fully saturated rings. The number of rotatable bonds is 5. The molecular weight excluding hydrogens is 300 g/mol. The third kappa shape index (κ3) is 3.39. The second-order valence-electron chi connectivity index (χ2n) is 5.22. The van der Waals surface area contributed by atoms with Crippen molar-refractivity contribution in [1.82, 2.24) is 4.90 Å². The highest BCUT2D eigenvalue weighted by atomic mass is 16.5. The molecule has 0 saturated carbocycles. The van der Waals surface area contributed by atoms with Crippen LogP contribution < -0.4 is 14.4 Å². The normalized spacial score (nSPS) is 18.1. The predicted molar refractivity (Wildman–Crippen MR) is 85.0 cm³/mol. The molecule has 2 amide bonds. The number of hydrogen-bond acceptors (Lipinski definition) is 5. The summed E-state index contributed by atoms with van der Waals surface area (Å²) in [6, 6.07) is 4.74. The van der Waals surface area contributed by atoms with E-state index < -0.39 is 6.04 Å². The summed E-state index contributed by atoms with van der Waals surface area (Å²) < 4.78 is 15.4. The van der Waals surface area contributed by atoms with Crippen LogP contribution in [0.3, 0.4) is 0 Å². The molecule has 1 unspecified atom stereocenters. The Morgan fingerprint density at radius 2 is 1.96 bits per heavy atom. The van der Waals surface area contributed by atoms with Gasteiger partial charge in [-0.25, -0.2) is 0 Å². The number of benzene rings is 1. The van der Waals surface area contributed by atoms with Crippen LogP contribution in [0.15, 0.2) is 18.2 Å². The number of carbonyl (C=O) groups is 2. The van der Waals surface area contributed by atoms with Gasteiger partial charge in [-0.2, -0.15) is 0 Å². The fourth-order valence-electron chi connectivity index (χ4n) is 2.66. The molecule has 23 heavy (non-hydrogen) atoms. The second-order valence-corrected chi connectivity index (χ2v) is 5.22. The van der Waals surface area contributed by atoms with Crippen LogP contribution in [0.1, 0.15) is 6.92 Å². The molecule has 2 rings (SSSR count). The molecule has 7 heteroatoms. The first-order valence-corrected chi connectivity index (χ1v) is 7.35. The molecule has 0 aromatic heterocycles. The number of methoxy groups -OCH3 is 3. The molecule has 1 aliphatic heterocycles. The fourth-order valence-corrected chi connectivity index (χ4v) is 2.66. The lowest BCUT2D eigenvalue weighted by atomic mass is 10.1. The number of ether oxygens (including phenoxy) is 3. The highest BCUT2D eigenvalue weighted by Gasteiger charge is 2.35. The Labute approximate surface area is 135 Å². The van der Waals surface area contributed by atoms with Crippen LogP contribution >= 0.6 is 0 Å². The van der Waals surface area contributed by atoms with Crippen molar-refractivity contribution in [2.45, 2.75) is 13.0 Å². The van der Waals surface area contributed by atoms with Gasteiger partial charge in [0.15, 0.2) is 0 Å². The van der Waals surface area contributed by atoms with Crippen LogP contribution in [0.5, 0.6) is 11.5 Å². The SMILES string of the molecule is COCC(=O)N1CCN(c2cc(OC)ccc2OC)C(=O)C1C. The maximum Gasteiger partial charge on any atom is 0.249 e. The Balaban J connectivity index is 2.26. The minimum Gasteiger partial charge on any atom is -0.497 e. The van der Waals surface area contributed by atoms with E-state index in [1.165, 1.54) is 12.0 Å². The maximum atomic E-state index is 12.7. The van der Waals surface area contributed by atoms with Crippen molar-refractivity contribution in [1.29, 1.82) is 0 Å². The lowest BCUT2D eigenvalue weighted by Gasteiger charge is -2.39. The third-order valence-electron chi connectivity index (χ3n) is 3.92. The van der Waals surface area contributed by atoms with Crippen molar-refractivity contribution in [2.24, 2.45) is 0 Å². The molecule has 0 aliphatic carbocycles. The monoisotopic (exact) mass is 322 g/mol. The maximum absolute atomic E-state index is 12.7. The average molecular weight is 322 g/mol. The zero-order chi connectivity index (χ0) is 17.0. The molecule has 1 aliphatic rings. The number of piperazine rings is 1. The van der Waals surface area contributed by atoms with E-state index in [1.807, 2.05) is 0 Å². The van der Waals surface area contributed by atoms with E-state index in [1.54, 1.807) is 44.2 Å². The summed E-state index contributed by atoms with van der Waals surface area (Å²) in [7, 11) is 4.58. The van der Waals surface area contributed by atoms with Crippen LogP contribution in [0, 0.1) is 0 Å². The van der Waals surface area contributed by atoms with E-state index >= 15 is 0 Å². The molecular formula is C16H22N2O5. The van der Waals surface area contributed by atoms with Gasteiger partial charge in [0, 0.05) is 26.3 Å². The van der Waals surface area contributed by atoms with Crippen molar-refractivity contribution in [3.05, 3.63) is 18.2 Å². The Morgan fingerprint density at radius 3 is 2.57 bits per heavy atom. The van der Waals surface area contributed by atoms with Gasteiger partial charge < -0.3 is 24.0 Å². The first-order valence-electron chi connectivity index (χ1n) is 7.35. The van der Waals surface area contributed by atoms with Crippen LogP contribution in [0.2, 0.25) is 0 Å². The van der Waals surface area contributed by atoms with Gasteiger partial charge in [-0.3, -0.25) is 9.59 Å². The lowest BCUT2D eigenvalue weighted by Crippen LogP contribution is -2.58. The van der Waals surface area contributed by atoms with E-state index in [0.29, 0.717) is 30.3 Å². The van der Waals surface area contributed by atoms with Crippen molar-refractivity contribution in [2.75, 3.05) is 45.9 Å². The summed E-state index contributed by atoms with van der Waals surface area (Å²) >= 11 is 0. The standard InChI is InChI=1S/C16H22N2O5/c1-11-16(20)18(8-7-17(11)15(19)10-21-2)13-9-12(22-3)5-6-14(13)23-4/h5-6,9,11H,7-8,10H2,1-4H3. The smallest absolute Gasteiger partial charge is 0.249 e. The predicted octanol–water partition coefficient (Wildman–Crippen LogP) is 0.914. The lowest BCUT2D eigenvalue weighted by molar-refractivity contribution is -0.143. The Kier molecular flexibility index (Phi) is 5.44. The zero-order valence-corrected chi connectivity index (χ0v) is 13.9. The van der Waals surface area contributed by atoms with Gasteiger partial charge in [-0.05, 0) is 19.1 Å². The van der Waals surface area contributed by atoms with Gasteiger partial charge in [0.1, 0.15) is 24.1 Å². The summed E-state index contributed by atoms with van der Waals surface area (Å²) in [4.78, 5) is 27.9. The van der Waals surface area contributed by atoms with Crippen LogP contribution in [-0.4, -0.2) is 63.8 Å². The minimum atomic E-state index is -0.553. The molecule has 1 heterocycles. The van der Waals surface area contributed by atoms with Crippen LogP contribution in [0.25, 0.3) is 0 Å². The van der Waals surface area contributed by atoms with Crippen molar-refractivity contribution < 1.29 is 23.8 Å². The molecule has 1 atom stereocenters. The van der Waals surface area contributed by atoms with Crippen LogP contribution in [0.4, 0.5) is 5.69 Å². The highest BCUT2D eigenvalue weighted by Crippen LogP contribution is 2.34.